The van der Waals surface area contributed by atoms with Gasteiger partial charge in [0.15, 0.2) is 11.7 Å². The number of nitrogens with zero attached hydrogens (tertiary/aromatic N) is 4. The number of aromatic nitrogens is 1. The van der Waals surface area contributed by atoms with Gasteiger partial charge in [0.25, 0.3) is 0 Å². The van der Waals surface area contributed by atoms with Crippen LogP contribution in [0.4, 0.5) is 0 Å². The van der Waals surface area contributed by atoms with E-state index in [1.807, 2.05) is 48.5 Å². The van der Waals surface area contributed by atoms with Crippen molar-refractivity contribution in [2.45, 2.75) is 20.4 Å². The van der Waals surface area contributed by atoms with Crippen LogP contribution in [0.5, 0.6) is 0 Å². The Labute approximate surface area is 304 Å². The fraction of sp³-hybridized carbons (Fsp3) is 0.0625. The van der Waals surface area contributed by atoms with E-state index in [1.165, 1.54) is 38.6 Å². The molecule has 0 radical (unpaired) electrons. The van der Waals surface area contributed by atoms with Gasteiger partial charge >= 0.3 is 0 Å². The Hall–Kier alpha value is -6.65. The fourth-order valence-electron chi connectivity index (χ4n) is 7.14. The average Bonchev–Trinajstić information content (AvgIpc) is 3.53. The monoisotopic (exact) mass is 670 g/mol. The smallest absolute Gasteiger partial charge is 0.161 e. The number of rotatable bonds is 7. The number of hydrogen-bond acceptors (Lipinski definition) is 1. The van der Waals surface area contributed by atoms with Crippen LogP contribution in [0.2, 0.25) is 0 Å². The maximum atomic E-state index is 5.16. The number of para-hydroxylation sites is 1. The summed E-state index contributed by atoms with van der Waals surface area (Å²) in [6, 6.07) is 59.5. The zero-order chi connectivity index (χ0) is 35.4. The van der Waals surface area contributed by atoms with Crippen molar-refractivity contribution in [3.63, 3.8) is 0 Å². The van der Waals surface area contributed by atoms with E-state index in [-0.39, 0.29) is 0 Å². The van der Waals surface area contributed by atoms with Gasteiger partial charge in [0, 0.05) is 27.5 Å². The molecule has 0 fully saturated rings. The minimum Gasteiger partial charge on any atom is -0.309 e. The highest BCUT2D eigenvalue weighted by atomic mass is 15.0. The van der Waals surface area contributed by atoms with E-state index in [0.717, 1.165) is 39.0 Å². The molecule has 1 aromatic heterocycles. The van der Waals surface area contributed by atoms with E-state index in [9.17, 15) is 0 Å². The Morgan fingerprint density at radius 2 is 1.19 bits per heavy atom. The maximum absolute atomic E-state index is 5.16. The highest BCUT2D eigenvalue weighted by Gasteiger charge is 2.21. The summed E-state index contributed by atoms with van der Waals surface area (Å²) in [5.74, 6) is 1.13. The van der Waals surface area contributed by atoms with Crippen molar-refractivity contribution in [2.24, 2.45) is 15.0 Å². The second-order valence-electron chi connectivity index (χ2n) is 13.0. The molecule has 8 aromatic rings. The molecule has 250 valence electrons. The van der Waals surface area contributed by atoms with E-state index < -0.39 is 0 Å². The summed E-state index contributed by atoms with van der Waals surface area (Å²) < 4.78 is 2.42. The molecule has 4 heteroatoms. The molecule has 0 atom stereocenters. The number of aryl methyl sites for hydroxylation is 2. The fourth-order valence-corrected chi connectivity index (χ4v) is 7.14. The molecule has 52 heavy (non-hydrogen) atoms. The first-order valence-corrected chi connectivity index (χ1v) is 17.6. The minimum absolute atomic E-state index is 0.477. The molecule has 0 amide bonds. The summed E-state index contributed by atoms with van der Waals surface area (Å²) in [6.45, 7) is 8.75. The van der Waals surface area contributed by atoms with Crippen molar-refractivity contribution < 1.29 is 0 Å². The van der Waals surface area contributed by atoms with Gasteiger partial charge in [-0.15, -0.1) is 0 Å². The first-order valence-electron chi connectivity index (χ1n) is 17.6. The zero-order valence-electron chi connectivity index (χ0n) is 29.4. The van der Waals surface area contributed by atoms with Crippen LogP contribution in [0.15, 0.2) is 185 Å². The van der Waals surface area contributed by atoms with E-state index in [1.54, 1.807) is 0 Å². The summed E-state index contributed by atoms with van der Waals surface area (Å²) in [5.41, 5.74) is 13.3. The van der Waals surface area contributed by atoms with Crippen LogP contribution in [-0.4, -0.2) is 23.0 Å². The normalized spacial score (nSPS) is 12.0. The predicted octanol–water partition coefficient (Wildman–Crippen LogP) is 11.8. The van der Waals surface area contributed by atoms with Crippen molar-refractivity contribution >= 4 is 40.2 Å². The van der Waals surface area contributed by atoms with Crippen LogP contribution < -0.4 is 0 Å². The minimum atomic E-state index is 0.477. The lowest BCUT2D eigenvalue weighted by Gasteiger charge is -2.20. The number of hydrogen-bond donors (Lipinski definition) is 0. The van der Waals surface area contributed by atoms with E-state index in [4.69, 9.17) is 9.98 Å². The second-order valence-corrected chi connectivity index (χ2v) is 13.0. The first kappa shape index (κ1) is 32.5. The summed E-state index contributed by atoms with van der Waals surface area (Å²) in [6.07, 6.45) is 0. The van der Waals surface area contributed by atoms with Crippen molar-refractivity contribution in [1.82, 2.24) is 4.57 Å². The van der Waals surface area contributed by atoms with Crippen LogP contribution in [0, 0.1) is 13.8 Å². The van der Waals surface area contributed by atoms with E-state index >= 15 is 0 Å². The van der Waals surface area contributed by atoms with Gasteiger partial charge in [0.2, 0.25) is 0 Å². The topological polar surface area (TPSA) is 42.0 Å². The third-order valence-electron chi connectivity index (χ3n) is 9.66. The average molecular weight is 671 g/mol. The van der Waals surface area contributed by atoms with Gasteiger partial charge in [0.05, 0.1) is 23.3 Å². The molecule has 0 aliphatic heterocycles. The lowest BCUT2D eigenvalue weighted by molar-refractivity contribution is 1.06. The van der Waals surface area contributed by atoms with Crippen molar-refractivity contribution in [1.29, 1.82) is 0 Å². The number of benzene rings is 7. The molecule has 1 heterocycles. The molecule has 4 nitrogen and oxygen atoms in total. The standard InChI is InChI=1S/C48H38N4/c1-33-17-13-14-24-40(33)46-34(2)29-39(48(50-32-35-18-7-4-8-19-35)51-47(49-3)37-22-11-6-12-23-37)31-45(46)52-43-26-16-15-25-41(43)42-30-38(27-28-44(42)52)36-20-9-5-10-21-36/h4-31H,3,32H2,1-2H3/b50-48-,51-47-. The summed E-state index contributed by atoms with van der Waals surface area (Å²) in [5, 5.41) is 2.40. The molecule has 0 N–H and O–H groups in total. The molecule has 0 unspecified atom stereocenters. The van der Waals surface area contributed by atoms with Gasteiger partial charge in [-0.05, 0) is 84.3 Å². The van der Waals surface area contributed by atoms with Crippen LogP contribution >= 0.6 is 0 Å². The lowest BCUT2D eigenvalue weighted by atomic mass is 9.92. The van der Waals surface area contributed by atoms with Gasteiger partial charge in [-0.3, -0.25) is 4.99 Å². The van der Waals surface area contributed by atoms with E-state index in [0.29, 0.717) is 18.2 Å². The van der Waals surface area contributed by atoms with E-state index in [2.05, 4.69) is 151 Å². The molecule has 0 aliphatic rings. The predicted molar refractivity (Wildman–Crippen MR) is 220 cm³/mol. The van der Waals surface area contributed by atoms with Crippen LogP contribution in [0.1, 0.15) is 27.8 Å². The summed E-state index contributed by atoms with van der Waals surface area (Å²) in [4.78, 5) is 14.7. The van der Waals surface area contributed by atoms with Crippen LogP contribution in [0.3, 0.4) is 0 Å². The van der Waals surface area contributed by atoms with Crippen molar-refractivity contribution in [2.75, 3.05) is 0 Å². The highest BCUT2D eigenvalue weighted by Crippen LogP contribution is 2.40. The first-order chi connectivity index (χ1) is 25.6. The molecule has 0 bridgehead atoms. The number of fused-ring (bicyclic) bond motifs is 3. The van der Waals surface area contributed by atoms with Gasteiger partial charge in [-0.1, -0.05) is 140 Å². The Bertz CT molecular complexity index is 2610. The Balaban J connectivity index is 1.42. The molecule has 8 rings (SSSR count). The van der Waals surface area contributed by atoms with Gasteiger partial charge in [0.1, 0.15) is 0 Å². The molecule has 7 aromatic carbocycles. The Morgan fingerprint density at radius 1 is 0.538 bits per heavy atom. The van der Waals surface area contributed by atoms with Crippen molar-refractivity contribution in [3.8, 4) is 27.9 Å². The zero-order valence-corrected chi connectivity index (χ0v) is 29.4. The quantitative estimate of drug-likeness (QED) is 0.120. The third-order valence-corrected chi connectivity index (χ3v) is 9.66. The molecular weight excluding hydrogens is 633 g/mol. The largest absolute Gasteiger partial charge is 0.309 e. The van der Waals surface area contributed by atoms with Crippen molar-refractivity contribution in [3.05, 3.63) is 198 Å². The highest BCUT2D eigenvalue weighted by molar-refractivity contribution is 6.14. The molecule has 0 spiro atoms. The van der Waals surface area contributed by atoms with Crippen LogP contribution in [-0.2, 0) is 6.54 Å². The maximum Gasteiger partial charge on any atom is 0.161 e. The van der Waals surface area contributed by atoms with Gasteiger partial charge < -0.3 is 4.57 Å². The molecule has 0 saturated heterocycles. The molecule has 0 aliphatic carbocycles. The third kappa shape index (κ3) is 6.27. The number of amidine groups is 2. The van der Waals surface area contributed by atoms with Gasteiger partial charge in [-0.25, -0.2) is 9.98 Å². The molecular formula is C48H38N4. The van der Waals surface area contributed by atoms with Gasteiger partial charge in [-0.2, -0.15) is 0 Å². The SMILES string of the molecule is C=N/C(=N\C(=N/Cc1ccccc1)c1cc(C)c(-c2ccccc2C)c(-n2c3ccccc3c3cc(-c4ccccc4)ccc32)c1)c1ccccc1. The Morgan fingerprint density at radius 3 is 1.94 bits per heavy atom. The number of aliphatic imine (C=N–C) groups is 3. The summed E-state index contributed by atoms with van der Waals surface area (Å²) >= 11 is 0. The summed E-state index contributed by atoms with van der Waals surface area (Å²) in [7, 11) is 0. The Kier molecular flexibility index (Phi) is 8.95. The van der Waals surface area contributed by atoms with Crippen LogP contribution in [0.25, 0.3) is 49.7 Å². The molecule has 0 saturated carbocycles. The lowest BCUT2D eigenvalue weighted by Crippen LogP contribution is -2.08. The second kappa shape index (κ2) is 14.3.